The summed E-state index contributed by atoms with van der Waals surface area (Å²) >= 11 is 0. The van der Waals surface area contributed by atoms with E-state index in [-0.39, 0.29) is 18.1 Å². The lowest BCUT2D eigenvalue weighted by atomic mass is 10.1. The SMILES string of the molecule is CCOC(=O)c1cc2nc(-c3cccc(F)c3)cc(-c3ccccc3)n2n1. The van der Waals surface area contributed by atoms with Gasteiger partial charge in [-0.2, -0.15) is 5.10 Å². The topological polar surface area (TPSA) is 56.5 Å². The van der Waals surface area contributed by atoms with E-state index in [0.717, 1.165) is 11.3 Å². The molecule has 4 rings (SSSR count). The van der Waals surface area contributed by atoms with E-state index in [9.17, 15) is 9.18 Å². The first-order chi connectivity index (χ1) is 13.2. The molecule has 0 aliphatic heterocycles. The summed E-state index contributed by atoms with van der Waals surface area (Å²) in [5.41, 5.74) is 3.55. The van der Waals surface area contributed by atoms with E-state index in [1.165, 1.54) is 12.1 Å². The van der Waals surface area contributed by atoms with Crippen LogP contribution in [-0.2, 0) is 4.74 Å². The molecule has 2 heterocycles. The summed E-state index contributed by atoms with van der Waals surface area (Å²) in [6, 6.07) is 19.3. The van der Waals surface area contributed by atoms with Crippen molar-refractivity contribution in [3.8, 4) is 22.5 Å². The van der Waals surface area contributed by atoms with Crippen molar-refractivity contribution in [1.82, 2.24) is 14.6 Å². The highest BCUT2D eigenvalue weighted by atomic mass is 19.1. The number of rotatable bonds is 4. The minimum Gasteiger partial charge on any atom is -0.461 e. The van der Waals surface area contributed by atoms with E-state index in [4.69, 9.17) is 4.74 Å². The number of carbonyl (C=O) groups is 1. The van der Waals surface area contributed by atoms with E-state index < -0.39 is 5.97 Å². The second-order valence-corrected chi connectivity index (χ2v) is 5.92. The predicted molar refractivity (Wildman–Crippen MR) is 99.8 cm³/mol. The number of benzene rings is 2. The van der Waals surface area contributed by atoms with Crippen LogP contribution >= 0.6 is 0 Å². The minimum absolute atomic E-state index is 0.179. The Labute approximate surface area is 155 Å². The number of hydrogen-bond acceptors (Lipinski definition) is 4. The van der Waals surface area contributed by atoms with E-state index >= 15 is 0 Å². The summed E-state index contributed by atoms with van der Waals surface area (Å²) in [6.45, 7) is 2.00. The molecule has 0 atom stereocenters. The molecule has 0 unspecified atom stereocenters. The molecule has 2 aromatic carbocycles. The highest BCUT2D eigenvalue weighted by Gasteiger charge is 2.17. The maximum Gasteiger partial charge on any atom is 0.358 e. The fourth-order valence-corrected chi connectivity index (χ4v) is 2.89. The Bertz CT molecular complexity index is 1120. The molecule has 0 bridgehead atoms. The number of esters is 1. The summed E-state index contributed by atoms with van der Waals surface area (Å²) < 4.78 is 20.3. The van der Waals surface area contributed by atoms with E-state index in [0.29, 0.717) is 16.9 Å². The number of aromatic nitrogens is 3. The lowest BCUT2D eigenvalue weighted by Gasteiger charge is -2.08. The van der Waals surface area contributed by atoms with E-state index in [2.05, 4.69) is 10.1 Å². The number of halogens is 1. The van der Waals surface area contributed by atoms with E-state index in [1.54, 1.807) is 29.6 Å². The summed E-state index contributed by atoms with van der Waals surface area (Å²) in [6.07, 6.45) is 0. The Hall–Kier alpha value is -3.54. The van der Waals surface area contributed by atoms with Crippen molar-refractivity contribution in [2.75, 3.05) is 6.61 Å². The van der Waals surface area contributed by atoms with Crippen LogP contribution in [-0.4, -0.2) is 27.2 Å². The van der Waals surface area contributed by atoms with Crippen LogP contribution in [0.5, 0.6) is 0 Å². The largest absolute Gasteiger partial charge is 0.461 e. The minimum atomic E-state index is -0.505. The Morgan fingerprint density at radius 3 is 2.56 bits per heavy atom. The van der Waals surface area contributed by atoms with Gasteiger partial charge in [-0.1, -0.05) is 42.5 Å². The summed E-state index contributed by atoms with van der Waals surface area (Å²) in [7, 11) is 0. The van der Waals surface area contributed by atoms with Crippen molar-refractivity contribution in [3.05, 3.63) is 78.2 Å². The van der Waals surface area contributed by atoms with Crippen LogP contribution in [0.4, 0.5) is 4.39 Å². The van der Waals surface area contributed by atoms with Gasteiger partial charge in [-0.3, -0.25) is 0 Å². The van der Waals surface area contributed by atoms with Gasteiger partial charge < -0.3 is 4.74 Å². The molecule has 0 saturated carbocycles. The maximum atomic E-state index is 13.7. The van der Waals surface area contributed by atoms with Crippen LogP contribution in [0.2, 0.25) is 0 Å². The molecule has 0 aliphatic rings. The second kappa shape index (κ2) is 6.99. The maximum absolute atomic E-state index is 13.7. The van der Waals surface area contributed by atoms with Crippen molar-refractivity contribution in [3.63, 3.8) is 0 Å². The van der Waals surface area contributed by atoms with Crippen molar-refractivity contribution >= 4 is 11.6 Å². The average molecular weight is 361 g/mol. The third-order valence-electron chi connectivity index (χ3n) is 4.10. The number of nitrogens with zero attached hydrogens (tertiary/aromatic N) is 3. The molecule has 4 aromatic rings. The lowest BCUT2D eigenvalue weighted by Crippen LogP contribution is -2.06. The fraction of sp³-hybridized carbons (Fsp3) is 0.0952. The van der Waals surface area contributed by atoms with Crippen LogP contribution in [0, 0.1) is 5.82 Å². The van der Waals surface area contributed by atoms with Crippen LogP contribution in [0.3, 0.4) is 0 Å². The van der Waals surface area contributed by atoms with Gasteiger partial charge in [-0.25, -0.2) is 18.7 Å². The number of fused-ring (bicyclic) bond motifs is 1. The third kappa shape index (κ3) is 3.29. The molecule has 134 valence electrons. The number of carbonyl (C=O) groups excluding carboxylic acids is 1. The molecule has 0 aliphatic carbocycles. The Kier molecular flexibility index (Phi) is 4.38. The summed E-state index contributed by atoms with van der Waals surface area (Å²) in [4.78, 5) is 16.6. The monoisotopic (exact) mass is 361 g/mol. The Balaban J connectivity index is 1.95. The molecule has 0 radical (unpaired) electrons. The van der Waals surface area contributed by atoms with Gasteiger partial charge in [0.15, 0.2) is 11.3 Å². The standard InChI is InChI=1S/C21H16FN3O2/c1-2-27-21(26)18-13-20-23-17(15-9-6-10-16(22)11-15)12-19(25(20)24-18)14-7-4-3-5-8-14/h3-13H,2H2,1H3. The van der Waals surface area contributed by atoms with Crippen molar-refractivity contribution in [2.24, 2.45) is 0 Å². The molecule has 0 saturated heterocycles. The quantitative estimate of drug-likeness (QED) is 0.506. The van der Waals surface area contributed by atoms with Crippen molar-refractivity contribution in [2.45, 2.75) is 6.92 Å². The molecule has 6 heteroatoms. The first-order valence-corrected chi connectivity index (χ1v) is 8.55. The fourth-order valence-electron chi connectivity index (χ4n) is 2.89. The smallest absolute Gasteiger partial charge is 0.358 e. The zero-order valence-corrected chi connectivity index (χ0v) is 14.6. The average Bonchev–Trinajstić information content (AvgIpc) is 3.12. The summed E-state index contributed by atoms with van der Waals surface area (Å²) in [5, 5.41) is 4.37. The van der Waals surface area contributed by atoms with Gasteiger partial charge in [-0.05, 0) is 25.1 Å². The van der Waals surface area contributed by atoms with Crippen LogP contribution in [0.15, 0.2) is 66.7 Å². The molecule has 0 N–H and O–H groups in total. The first-order valence-electron chi connectivity index (χ1n) is 8.55. The van der Waals surface area contributed by atoms with Gasteiger partial charge in [-0.15, -0.1) is 0 Å². The van der Waals surface area contributed by atoms with Gasteiger partial charge in [0.1, 0.15) is 5.82 Å². The third-order valence-corrected chi connectivity index (χ3v) is 4.10. The highest BCUT2D eigenvalue weighted by Crippen LogP contribution is 2.27. The first kappa shape index (κ1) is 16.9. The Morgan fingerprint density at radius 1 is 1.04 bits per heavy atom. The van der Waals surface area contributed by atoms with Gasteiger partial charge in [0.2, 0.25) is 0 Å². The molecule has 5 nitrogen and oxygen atoms in total. The predicted octanol–water partition coefficient (Wildman–Crippen LogP) is 4.38. The number of ether oxygens (including phenoxy) is 1. The van der Waals surface area contributed by atoms with Gasteiger partial charge in [0, 0.05) is 17.2 Å². The zero-order valence-electron chi connectivity index (χ0n) is 14.6. The lowest BCUT2D eigenvalue weighted by molar-refractivity contribution is 0.0519. The molecule has 0 spiro atoms. The molecule has 2 aromatic heterocycles. The van der Waals surface area contributed by atoms with Crippen LogP contribution in [0.25, 0.3) is 28.2 Å². The normalized spacial score (nSPS) is 10.9. The zero-order chi connectivity index (χ0) is 18.8. The van der Waals surface area contributed by atoms with Crippen molar-refractivity contribution in [1.29, 1.82) is 0 Å². The molecule has 27 heavy (non-hydrogen) atoms. The second-order valence-electron chi connectivity index (χ2n) is 5.92. The molecule has 0 amide bonds. The molecular weight excluding hydrogens is 345 g/mol. The molecule has 0 fully saturated rings. The van der Waals surface area contributed by atoms with Gasteiger partial charge in [0.25, 0.3) is 0 Å². The van der Waals surface area contributed by atoms with Crippen LogP contribution in [0.1, 0.15) is 17.4 Å². The van der Waals surface area contributed by atoms with Crippen LogP contribution < -0.4 is 0 Å². The Morgan fingerprint density at radius 2 is 1.81 bits per heavy atom. The van der Waals surface area contributed by atoms with Crippen molar-refractivity contribution < 1.29 is 13.9 Å². The van der Waals surface area contributed by atoms with E-state index in [1.807, 2.05) is 36.4 Å². The number of hydrogen-bond donors (Lipinski definition) is 0. The highest BCUT2D eigenvalue weighted by molar-refractivity contribution is 5.89. The summed E-state index contributed by atoms with van der Waals surface area (Å²) in [5.74, 6) is -0.842. The molecular formula is C21H16FN3O2. The van der Waals surface area contributed by atoms with Gasteiger partial charge >= 0.3 is 5.97 Å². The van der Waals surface area contributed by atoms with Gasteiger partial charge in [0.05, 0.1) is 18.0 Å².